The SMILES string of the molecule is C#N.C#N.C#N.C#N.C#N.C#N.[Fe].[KH].[Ni]. The molecule has 0 aliphatic heterocycles. The molecule has 0 amide bonds. The van der Waals surface area contributed by atoms with Crippen molar-refractivity contribution in [3.05, 3.63) is 0 Å². The maximum atomic E-state index is 6.50. The molecule has 0 aliphatic carbocycles. The fraction of sp³-hybridized carbons (Fsp3) is 0. The molecular weight excluding hydrogens is 310 g/mol. The Morgan fingerprint density at radius 3 is 0.400 bits per heavy atom. The van der Waals surface area contributed by atoms with Gasteiger partial charge < -0.3 is 0 Å². The van der Waals surface area contributed by atoms with Crippen LogP contribution in [0.3, 0.4) is 0 Å². The van der Waals surface area contributed by atoms with Gasteiger partial charge in [-0.3, -0.25) is 0 Å². The monoisotopic (exact) mass is 316 g/mol. The minimum Gasteiger partial charge on any atom is 0 e. The molecule has 0 heterocycles. The van der Waals surface area contributed by atoms with Crippen molar-refractivity contribution in [1.82, 2.24) is 0 Å². The number of rotatable bonds is 0. The summed E-state index contributed by atoms with van der Waals surface area (Å²) in [6.45, 7) is 21.0. The molecule has 0 saturated carbocycles. The van der Waals surface area contributed by atoms with E-state index in [-0.39, 0.29) is 84.9 Å². The fourth-order valence-electron chi connectivity index (χ4n) is 0. The van der Waals surface area contributed by atoms with Crippen molar-refractivity contribution in [3.63, 3.8) is 0 Å². The van der Waals surface area contributed by atoms with Gasteiger partial charge in [-0.1, -0.05) is 0 Å². The van der Waals surface area contributed by atoms with Gasteiger partial charge in [0, 0.05) is 73.0 Å². The molecule has 0 fully saturated rings. The summed E-state index contributed by atoms with van der Waals surface area (Å²) >= 11 is 0. The van der Waals surface area contributed by atoms with Crippen LogP contribution in [0.5, 0.6) is 0 Å². The second-order valence-corrected chi connectivity index (χ2v) is 0. The standard InChI is InChI=1S/6CHN.Fe.K.Ni.H/c6*1-2;;;;/h6*1H;;;;. The van der Waals surface area contributed by atoms with Crippen LogP contribution in [0.1, 0.15) is 0 Å². The van der Waals surface area contributed by atoms with E-state index >= 15 is 0 Å². The average Bonchev–Trinajstić information content (AvgIpc) is 2.33. The molecule has 0 aromatic rings. The second-order valence-electron chi connectivity index (χ2n) is 0. The summed E-state index contributed by atoms with van der Waals surface area (Å²) in [6, 6.07) is 0. The van der Waals surface area contributed by atoms with E-state index in [1.54, 1.807) is 0 Å². The largest absolute Gasteiger partial charge is 0 e. The van der Waals surface area contributed by atoms with Gasteiger partial charge in [-0.05, 0) is 0 Å². The summed E-state index contributed by atoms with van der Waals surface area (Å²) < 4.78 is 0. The van der Waals surface area contributed by atoms with Crippen LogP contribution in [0.4, 0.5) is 0 Å². The number of nitrogens with zero attached hydrogens (tertiary/aromatic N) is 6. The Hall–Kier alpha value is -0.411. The molecule has 0 rings (SSSR count). The van der Waals surface area contributed by atoms with Gasteiger partial charge in [0.2, 0.25) is 0 Å². The van der Waals surface area contributed by atoms with Gasteiger partial charge in [-0.2, -0.15) is 0 Å². The van der Waals surface area contributed by atoms with E-state index in [0.717, 1.165) is 0 Å². The van der Waals surface area contributed by atoms with Gasteiger partial charge in [0.1, 0.15) is 0 Å². The first-order valence-corrected chi connectivity index (χ1v) is 1.55. The third-order valence-corrected chi connectivity index (χ3v) is 0. The Balaban J connectivity index is -0.00000000396. The van der Waals surface area contributed by atoms with Crippen LogP contribution >= 0.6 is 0 Å². The average molecular weight is 317 g/mol. The first-order valence-electron chi connectivity index (χ1n) is 1.55. The zero-order chi connectivity index (χ0) is 12.0. The van der Waals surface area contributed by atoms with Gasteiger partial charge >= 0.3 is 51.4 Å². The molecule has 0 bridgehead atoms. The predicted molar refractivity (Wildman–Crippen MR) is 47.2 cm³/mol. The van der Waals surface area contributed by atoms with Crippen molar-refractivity contribution < 1.29 is 33.6 Å². The predicted octanol–water partition coefficient (Wildman–Crippen LogP) is 0.185. The Bertz CT molecular complexity index is 103. The summed E-state index contributed by atoms with van der Waals surface area (Å²) in [5.41, 5.74) is 0. The van der Waals surface area contributed by atoms with Crippen molar-refractivity contribution in [2.24, 2.45) is 0 Å². The van der Waals surface area contributed by atoms with Crippen molar-refractivity contribution >= 4 is 51.4 Å². The van der Waals surface area contributed by atoms with E-state index in [4.69, 9.17) is 31.6 Å². The molecule has 0 aliphatic rings. The van der Waals surface area contributed by atoms with E-state index in [1.807, 2.05) is 0 Å². The molecule has 0 aromatic heterocycles. The number of nitriles is 6. The van der Waals surface area contributed by atoms with E-state index in [1.165, 1.54) is 0 Å². The van der Waals surface area contributed by atoms with Crippen LogP contribution in [-0.2, 0) is 33.6 Å². The van der Waals surface area contributed by atoms with Gasteiger partial charge in [0.25, 0.3) is 0 Å². The summed E-state index contributed by atoms with van der Waals surface area (Å²) in [6.07, 6.45) is 0. The number of hydrogen-bond acceptors (Lipinski definition) is 6. The normalized spacial score (nSPS) is 0.800. The third kappa shape index (κ3) is 10800. The Kier molecular flexibility index (Phi) is 73400. The zero-order valence-corrected chi connectivity index (χ0v) is 8.91. The maximum absolute atomic E-state index is 6.50. The molecule has 0 radical (unpaired) electrons. The van der Waals surface area contributed by atoms with E-state index in [0.29, 0.717) is 0 Å². The molecule has 0 N–H and O–H groups in total. The molecular formula is C6H7FeKN6Ni. The summed E-state index contributed by atoms with van der Waals surface area (Å²) in [5, 5.41) is 39.0. The summed E-state index contributed by atoms with van der Waals surface area (Å²) in [5.74, 6) is 0. The van der Waals surface area contributed by atoms with Crippen LogP contribution in [0.25, 0.3) is 0 Å². The third-order valence-electron chi connectivity index (χ3n) is 0. The molecule has 6 nitrogen and oxygen atoms in total. The van der Waals surface area contributed by atoms with Crippen molar-refractivity contribution in [2.45, 2.75) is 0 Å². The molecule has 0 atom stereocenters. The van der Waals surface area contributed by atoms with E-state index in [2.05, 4.69) is 39.4 Å². The maximum Gasteiger partial charge on any atom is 0 e. The van der Waals surface area contributed by atoms with Crippen LogP contribution < -0.4 is 0 Å². The van der Waals surface area contributed by atoms with Crippen LogP contribution in [0.15, 0.2) is 0 Å². The topological polar surface area (TPSA) is 143 Å². The molecule has 0 unspecified atom stereocenters. The molecule has 0 saturated heterocycles. The molecule has 15 heavy (non-hydrogen) atoms. The van der Waals surface area contributed by atoms with Gasteiger partial charge in [-0.15, -0.1) is 0 Å². The van der Waals surface area contributed by atoms with Crippen molar-refractivity contribution in [1.29, 1.82) is 31.6 Å². The zero-order valence-electron chi connectivity index (χ0n) is 6.82. The van der Waals surface area contributed by atoms with E-state index in [9.17, 15) is 0 Å². The summed E-state index contributed by atoms with van der Waals surface area (Å²) in [7, 11) is 0. The fourth-order valence-corrected chi connectivity index (χ4v) is 0. The van der Waals surface area contributed by atoms with Gasteiger partial charge in [0.05, 0.1) is 0 Å². The van der Waals surface area contributed by atoms with Gasteiger partial charge in [0.15, 0.2) is 0 Å². The molecule has 80 valence electrons. The summed E-state index contributed by atoms with van der Waals surface area (Å²) in [4.78, 5) is 0. The van der Waals surface area contributed by atoms with Crippen LogP contribution in [-0.4, -0.2) is 51.4 Å². The van der Waals surface area contributed by atoms with Crippen LogP contribution in [0.2, 0.25) is 0 Å². The van der Waals surface area contributed by atoms with Crippen LogP contribution in [0, 0.1) is 71.0 Å². The molecule has 0 spiro atoms. The minimum atomic E-state index is 0. The first kappa shape index (κ1) is 86.2. The van der Waals surface area contributed by atoms with Gasteiger partial charge in [-0.25, -0.2) is 31.6 Å². The minimum absolute atomic E-state index is 0. The Morgan fingerprint density at radius 1 is 0.400 bits per heavy atom. The molecule has 0 aromatic carbocycles. The Morgan fingerprint density at radius 2 is 0.400 bits per heavy atom. The van der Waals surface area contributed by atoms with Crippen molar-refractivity contribution in [2.75, 3.05) is 0 Å². The Labute approximate surface area is 154 Å². The number of hydrogen-bond donors (Lipinski definition) is 0. The quantitative estimate of drug-likeness (QED) is 0.583. The van der Waals surface area contributed by atoms with Crippen molar-refractivity contribution in [3.8, 4) is 39.4 Å². The molecule has 9 heteroatoms. The smallest absolute Gasteiger partial charge is 0 e. The first-order chi connectivity index (χ1) is 6.00. The second kappa shape index (κ2) is 12800. The van der Waals surface area contributed by atoms with E-state index < -0.39 is 0 Å².